The number of halogens is 4. The molecule has 0 radical (unpaired) electrons. The summed E-state index contributed by atoms with van der Waals surface area (Å²) in [4.78, 5) is 15.7. The Kier molecular flexibility index (Phi) is 11.8. The van der Waals surface area contributed by atoms with E-state index in [0.29, 0.717) is 25.1 Å². The monoisotopic (exact) mass is 644 g/mol. The van der Waals surface area contributed by atoms with E-state index >= 15 is 0 Å². The number of morpholine rings is 2. The highest BCUT2D eigenvalue weighted by Gasteiger charge is 2.16. The molecule has 4 N–H and O–H groups in total. The van der Waals surface area contributed by atoms with Crippen LogP contribution < -0.4 is 30.7 Å². The Morgan fingerprint density at radius 3 is 1.28 bits per heavy atom. The van der Waals surface area contributed by atoms with E-state index in [2.05, 4.69) is 50.7 Å². The Labute approximate surface area is 261 Å². The van der Waals surface area contributed by atoms with Crippen LogP contribution in [-0.2, 0) is 9.47 Å². The van der Waals surface area contributed by atoms with Crippen LogP contribution in [0.5, 0.6) is 11.5 Å². The molecule has 2 fully saturated rings. The van der Waals surface area contributed by atoms with Crippen LogP contribution in [0.3, 0.4) is 0 Å². The Balaban J connectivity index is 0.000000181. The molecule has 2 aliphatic rings. The van der Waals surface area contributed by atoms with Crippen molar-refractivity contribution in [2.75, 3.05) is 50.0 Å². The minimum absolute atomic E-state index is 0.0554. The van der Waals surface area contributed by atoms with E-state index in [1.165, 1.54) is 24.8 Å². The number of rotatable bonds is 10. The molecular formula is C30H32F4N8O4. The van der Waals surface area contributed by atoms with Crippen molar-refractivity contribution in [1.29, 1.82) is 0 Å². The summed E-state index contributed by atoms with van der Waals surface area (Å²) in [7, 11) is 0. The van der Waals surface area contributed by atoms with E-state index in [0.717, 1.165) is 48.7 Å². The second-order valence-corrected chi connectivity index (χ2v) is 9.86. The van der Waals surface area contributed by atoms with Gasteiger partial charge in [0.05, 0.1) is 50.2 Å². The maximum Gasteiger partial charge on any atom is 0.387 e. The molecule has 0 aliphatic carbocycles. The maximum absolute atomic E-state index is 12.1. The molecule has 4 heterocycles. The van der Waals surface area contributed by atoms with Gasteiger partial charge in [0.15, 0.2) is 11.5 Å². The Hall–Kier alpha value is -4.64. The first-order valence-corrected chi connectivity index (χ1v) is 14.3. The molecule has 2 aromatic carbocycles. The summed E-state index contributed by atoms with van der Waals surface area (Å²) < 4.78 is 68.0. The third kappa shape index (κ3) is 10.2. The standard InChI is InChI=1S/2C15H16F2N4O2/c2*16-14(17)23-12-7-19-15(20-8-12)21-11-3-1-10(2-4-11)13-9-18-5-6-22-13/h2*1-4,7-8,13-14,18H,5-6,9H2,(H,19,20,21)/t2*13-/m00/s1. The average molecular weight is 645 g/mol. The molecule has 0 amide bonds. The van der Waals surface area contributed by atoms with Gasteiger partial charge in [-0.05, 0) is 35.4 Å². The molecule has 0 saturated carbocycles. The number of aromatic nitrogens is 4. The van der Waals surface area contributed by atoms with Crippen LogP contribution in [0.2, 0.25) is 0 Å². The summed E-state index contributed by atoms with van der Waals surface area (Å²) in [5.41, 5.74) is 3.76. The second kappa shape index (κ2) is 16.6. The van der Waals surface area contributed by atoms with Crippen molar-refractivity contribution in [2.24, 2.45) is 0 Å². The minimum Gasteiger partial charge on any atom is -0.432 e. The summed E-state index contributed by atoms with van der Waals surface area (Å²) in [5, 5.41) is 12.5. The number of anilines is 4. The molecule has 0 unspecified atom stereocenters. The molecule has 2 atom stereocenters. The van der Waals surface area contributed by atoms with E-state index < -0.39 is 13.2 Å². The molecule has 0 spiro atoms. The average Bonchev–Trinajstić information content (AvgIpc) is 3.08. The van der Waals surface area contributed by atoms with E-state index in [1.807, 2.05) is 48.5 Å². The van der Waals surface area contributed by atoms with Gasteiger partial charge in [-0.3, -0.25) is 0 Å². The quantitative estimate of drug-likeness (QED) is 0.174. The largest absolute Gasteiger partial charge is 0.432 e. The number of ether oxygens (including phenoxy) is 4. The summed E-state index contributed by atoms with van der Waals surface area (Å²) >= 11 is 0. The van der Waals surface area contributed by atoms with Crippen molar-refractivity contribution in [1.82, 2.24) is 30.6 Å². The van der Waals surface area contributed by atoms with Gasteiger partial charge in [0.1, 0.15) is 0 Å². The van der Waals surface area contributed by atoms with E-state index in [1.54, 1.807) is 0 Å². The van der Waals surface area contributed by atoms with Gasteiger partial charge in [-0.25, -0.2) is 19.9 Å². The lowest BCUT2D eigenvalue weighted by atomic mass is 10.1. The van der Waals surface area contributed by atoms with Gasteiger partial charge in [-0.1, -0.05) is 24.3 Å². The number of nitrogens with zero attached hydrogens (tertiary/aromatic N) is 4. The highest BCUT2D eigenvalue weighted by molar-refractivity contribution is 5.54. The zero-order chi connectivity index (χ0) is 32.1. The molecule has 4 aromatic rings. The van der Waals surface area contributed by atoms with Gasteiger partial charge >= 0.3 is 13.2 Å². The summed E-state index contributed by atoms with van der Waals surface area (Å²) in [6.45, 7) is -1.04. The fourth-order valence-corrected chi connectivity index (χ4v) is 4.47. The first-order chi connectivity index (χ1) is 22.4. The SMILES string of the molecule is FC(F)Oc1cnc(Nc2ccc([C@@H]3CNCCO3)cc2)nc1.FC(F)Oc1cnc(Nc2ccc([C@@H]3CNCCO3)cc2)nc1. The molecule has 6 rings (SSSR count). The highest BCUT2D eigenvalue weighted by atomic mass is 19.3. The third-order valence-electron chi connectivity index (χ3n) is 6.64. The zero-order valence-electron chi connectivity index (χ0n) is 24.4. The van der Waals surface area contributed by atoms with E-state index in [4.69, 9.17) is 9.47 Å². The number of hydrogen-bond acceptors (Lipinski definition) is 12. The van der Waals surface area contributed by atoms with Gasteiger partial charge in [-0.15, -0.1) is 0 Å². The molecule has 244 valence electrons. The van der Waals surface area contributed by atoms with Gasteiger partial charge in [-0.2, -0.15) is 17.6 Å². The van der Waals surface area contributed by atoms with E-state index in [9.17, 15) is 17.6 Å². The predicted molar refractivity (Wildman–Crippen MR) is 160 cm³/mol. The van der Waals surface area contributed by atoms with Crippen LogP contribution >= 0.6 is 0 Å². The first-order valence-electron chi connectivity index (χ1n) is 14.3. The van der Waals surface area contributed by atoms with Crippen molar-refractivity contribution in [3.8, 4) is 11.5 Å². The molecule has 2 aromatic heterocycles. The van der Waals surface area contributed by atoms with Gasteiger partial charge in [0.2, 0.25) is 11.9 Å². The topological polar surface area (TPSA) is 137 Å². The zero-order valence-corrected chi connectivity index (χ0v) is 24.4. The molecule has 2 saturated heterocycles. The lowest BCUT2D eigenvalue weighted by Crippen LogP contribution is -2.33. The van der Waals surface area contributed by atoms with Gasteiger partial charge in [0, 0.05) is 37.6 Å². The maximum atomic E-state index is 12.1. The van der Waals surface area contributed by atoms with Crippen LogP contribution in [0.4, 0.5) is 40.8 Å². The predicted octanol–water partition coefficient (Wildman–Crippen LogP) is 4.97. The fraction of sp³-hybridized carbons (Fsp3) is 0.333. The van der Waals surface area contributed by atoms with Crippen molar-refractivity contribution in [2.45, 2.75) is 25.4 Å². The summed E-state index contributed by atoms with van der Waals surface area (Å²) in [5.74, 6) is 0.440. The van der Waals surface area contributed by atoms with Crippen LogP contribution in [0.15, 0.2) is 73.3 Å². The van der Waals surface area contributed by atoms with Crippen LogP contribution in [0.1, 0.15) is 23.3 Å². The molecule has 0 bridgehead atoms. The van der Waals surface area contributed by atoms with Crippen LogP contribution in [0.25, 0.3) is 0 Å². The normalized spacial score (nSPS) is 18.0. The van der Waals surface area contributed by atoms with Crippen LogP contribution in [-0.4, -0.2) is 72.6 Å². The van der Waals surface area contributed by atoms with E-state index in [-0.39, 0.29) is 23.7 Å². The third-order valence-corrected chi connectivity index (χ3v) is 6.64. The van der Waals surface area contributed by atoms with Crippen molar-refractivity contribution >= 4 is 23.3 Å². The molecule has 46 heavy (non-hydrogen) atoms. The fourth-order valence-electron chi connectivity index (χ4n) is 4.47. The molecular weight excluding hydrogens is 612 g/mol. The Bertz CT molecular complexity index is 1350. The minimum atomic E-state index is -2.89. The van der Waals surface area contributed by atoms with Crippen molar-refractivity contribution < 1.29 is 36.5 Å². The highest BCUT2D eigenvalue weighted by Crippen LogP contribution is 2.24. The number of alkyl halides is 4. The van der Waals surface area contributed by atoms with Gasteiger partial charge < -0.3 is 40.2 Å². The number of nitrogens with one attached hydrogen (secondary N) is 4. The Morgan fingerprint density at radius 2 is 0.978 bits per heavy atom. The summed E-state index contributed by atoms with van der Waals surface area (Å²) in [6, 6.07) is 15.4. The van der Waals surface area contributed by atoms with Gasteiger partial charge in [0.25, 0.3) is 0 Å². The number of benzene rings is 2. The first kappa shape index (κ1) is 32.7. The van der Waals surface area contributed by atoms with Crippen molar-refractivity contribution in [3.63, 3.8) is 0 Å². The molecule has 2 aliphatic heterocycles. The van der Waals surface area contributed by atoms with Crippen LogP contribution in [0, 0.1) is 0 Å². The molecule has 12 nitrogen and oxygen atoms in total. The number of hydrogen-bond donors (Lipinski definition) is 4. The summed E-state index contributed by atoms with van der Waals surface area (Å²) in [6.07, 6.45) is 4.88. The lowest BCUT2D eigenvalue weighted by Gasteiger charge is -2.24. The second-order valence-electron chi connectivity index (χ2n) is 9.86. The smallest absolute Gasteiger partial charge is 0.387 e. The van der Waals surface area contributed by atoms with Crippen molar-refractivity contribution in [3.05, 3.63) is 84.4 Å². The molecule has 16 heteroatoms. The lowest BCUT2D eigenvalue weighted by molar-refractivity contribution is -0.0509. The Morgan fingerprint density at radius 1 is 0.609 bits per heavy atom.